The van der Waals surface area contributed by atoms with Crippen molar-refractivity contribution in [3.05, 3.63) is 27.1 Å². The van der Waals surface area contributed by atoms with Gasteiger partial charge in [0.2, 0.25) is 5.91 Å². The van der Waals surface area contributed by atoms with Crippen molar-refractivity contribution in [2.45, 2.75) is 6.04 Å². The molecule has 1 aromatic carbocycles. The molecule has 0 radical (unpaired) electrons. The lowest BCUT2D eigenvalue weighted by atomic mass is 10.0. The summed E-state index contributed by atoms with van der Waals surface area (Å²) < 4.78 is 6.92. The first-order valence-corrected chi connectivity index (χ1v) is 6.76. The molecule has 1 amide bonds. The van der Waals surface area contributed by atoms with Crippen LogP contribution in [0.5, 0.6) is 0 Å². The van der Waals surface area contributed by atoms with Gasteiger partial charge in [0.25, 0.3) is 0 Å². The molecule has 1 heterocycles. The first-order valence-electron chi connectivity index (χ1n) is 5.17. The fourth-order valence-corrected chi connectivity index (χ4v) is 2.37. The number of carbonyl (C=O) groups is 1. The third-order valence-electron chi connectivity index (χ3n) is 2.65. The van der Waals surface area contributed by atoms with Gasteiger partial charge in [0, 0.05) is 15.0 Å². The maximum Gasteiger partial charge on any atom is 0.231 e. The molecule has 0 aliphatic carbocycles. The van der Waals surface area contributed by atoms with Crippen molar-refractivity contribution in [3.8, 4) is 0 Å². The summed E-state index contributed by atoms with van der Waals surface area (Å²) in [6.07, 6.45) is 0. The summed E-state index contributed by atoms with van der Waals surface area (Å²) in [7, 11) is 0. The summed E-state index contributed by atoms with van der Waals surface area (Å²) in [5.41, 5.74) is 6.52. The smallest absolute Gasteiger partial charge is 0.231 e. The lowest BCUT2D eigenvalue weighted by Gasteiger charge is -2.14. The van der Waals surface area contributed by atoms with E-state index in [-0.39, 0.29) is 17.9 Å². The van der Waals surface area contributed by atoms with Gasteiger partial charge in [-0.1, -0.05) is 15.9 Å². The molecule has 0 saturated carbocycles. The lowest BCUT2D eigenvalue weighted by Crippen LogP contribution is -2.37. The van der Waals surface area contributed by atoms with E-state index >= 15 is 0 Å². The summed E-state index contributed by atoms with van der Waals surface area (Å²) in [5, 5.41) is 2.85. The van der Waals surface area contributed by atoms with E-state index in [0.29, 0.717) is 13.2 Å². The molecule has 0 spiro atoms. The molecular formula is C11H12Br2N2O2. The summed E-state index contributed by atoms with van der Waals surface area (Å²) in [4.78, 5) is 12.0. The Labute approximate surface area is 116 Å². The highest BCUT2D eigenvalue weighted by Gasteiger charge is 2.31. The zero-order valence-corrected chi connectivity index (χ0v) is 12.1. The van der Waals surface area contributed by atoms with Crippen LogP contribution >= 0.6 is 31.9 Å². The number of ether oxygens (including phenoxy) is 1. The molecule has 1 aromatic rings. The number of carbonyl (C=O) groups excluding carboxylic acids is 1. The van der Waals surface area contributed by atoms with E-state index in [0.717, 1.165) is 14.6 Å². The average Bonchev–Trinajstić information content (AvgIpc) is 2.70. The fraction of sp³-hybridized carbons (Fsp3) is 0.364. The fourth-order valence-electron chi connectivity index (χ4n) is 1.66. The molecule has 4 nitrogen and oxygen atoms in total. The van der Waals surface area contributed by atoms with Crippen LogP contribution in [0.25, 0.3) is 0 Å². The minimum atomic E-state index is -0.277. The van der Waals surface area contributed by atoms with E-state index in [2.05, 4.69) is 37.2 Å². The summed E-state index contributed by atoms with van der Waals surface area (Å²) in [6.45, 7) is 0.830. The Morgan fingerprint density at radius 2 is 2.18 bits per heavy atom. The second-order valence-corrected chi connectivity index (χ2v) is 5.69. The minimum absolute atomic E-state index is 0.103. The van der Waals surface area contributed by atoms with Crippen molar-refractivity contribution in [2.24, 2.45) is 11.7 Å². The highest BCUT2D eigenvalue weighted by Crippen LogP contribution is 2.27. The second-order valence-electron chi connectivity index (χ2n) is 3.92. The van der Waals surface area contributed by atoms with Crippen LogP contribution in [0.15, 0.2) is 27.1 Å². The minimum Gasteiger partial charge on any atom is -0.379 e. The van der Waals surface area contributed by atoms with Gasteiger partial charge in [0.1, 0.15) is 0 Å². The van der Waals surface area contributed by atoms with Crippen LogP contribution in [0.2, 0.25) is 0 Å². The third-order valence-corrected chi connectivity index (χ3v) is 3.83. The topological polar surface area (TPSA) is 64.3 Å². The Kier molecular flexibility index (Phi) is 4.19. The van der Waals surface area contributed by atoms with Gasteiger partial charge in [-0.2, -0.15) is 0 Å². The second kappa shape index (κ2) is 5.48. The van der Waals surface area contributed by atoms with Gasteiger partial charge in [-0.15, -0.1) is 0 Å². The first-order chi connectivity index (χ1) is 8.08. The normalized spacial score (nSPS) is 23.7. The molecule has 6 heteroatoms. The van der Waals surface area contributed by atoms with Gasteiger partial charge < -0.3 is 15.8 Å². The monoisotopic (exact) mass is 362 g/mol. The summed E-state index contributed by atoms with van der Waals surface area (Å²) in [6, 6.07) is 5.37. The molecule has 2 rings (SSSR count). The van der Waals surface area contributed by atoms with Gasteiger partial charge in [-0.25, -0.2) is 0 Å². The van der Waals surface area contributed by atoms with Crippen LogP contribution in [0, 0.1) is 5.92 Å². The molecule has 1 saturated heterocycles. The van der Waals surface area contributed by atoms with Gasteiger partial charge in [0.15, 0.2) is 0 Å². The highest BCUT2D eigenvalue weighted by molar-refractivity contribution is 9.11. The summed E-state index contributed by atoms with van der Waals surface area (Å²) >= 11 is 6.74. The molecule has 0 bridgehead atoms. The quantitative estimate of drug-likeness (QED) is 0.845. The summed E-state index contributed by atoms with van der Waals surface area (Å²) in [5.74, 6) is -0.380. The third kappa shape index (κ3) is 3.07. The molecule has 1 aliphatic heterocycles. The van der Waals surface area contributed by atoms with Crippen molar-refractivity contribution in [3.63, 3.8) is 0 Å². The van der Waals surface area contributed by atoms with E-state index in [4.69, 9.17) is 10.5 Å². The van der Waals surface area contributed by atoms with Crippen LogP contribution in [0.3, 0.4) is 0 Å². The number of anilines is 1. The van der Waals surface area contributed by atoms with Crippen LogP contribution in [0.4, 0.5) is 5.69 Å². The van der Waals surface area contributed by atoms with E-state index in [1.54, 1.807) is 0 Å². The molecule has 92 valence electrons. The maximum absolute atomic E-state index is 12.0. The van der Waals surface area contributed by atoms with E-state index in [1.165, 1.54) is 0 Å². The van der Waals surface area contributed by atoms with Crippen LogP contribution in [-0.2, 0) is 9.53 Å². The molecular weight excluding hydrogens is 352 g/mol. The van der Waals surface area contributed by atoms with Gasteiger partial charge in [0.05, 0.1) is 24.8 Å². The number of rotatable bonds is 2. The van der Waals surface area contributed by atoms with Gasteiger partial charge in [-0.05, 0) is 34.1 Å². The Bertz CT molecular complexity index is 439. The number of amides is 1. The van der Waals surface area contributed by atoms with Crippen molar-refractivity contribution in [1.29, 1.82) is 0 Å². The number of hydrogen-bond acceptors (Lipinski definition) is 3. The number of halogens is 2. The molecule has 1 aliphatic rings. The predicted octanol–water partition coefficient (Wildman–Crippen LogP) is 2.12. The van der Waals surface area contributed by atoms with Crippen LogP contribution in [0.1, 0.15) is 0 Å². The van der Waals surface area contributed by atoms with Crippen LogP contribution in [-0.4, -0.2) is 25.2 Å². The van der Waals surface area contributed by atoms with Crippen LogP contribution < -0.4 is 11.1 Å². The average molecular weight is 364 g/mol. The molecule has 17 heavy (non-hydrogen) atoms. The van der Waals surface area contributed by atoms with E-state index < -0.39 is 0 Å². The van der Waals surface area contributed by atoms with E-state index in [9.17, 15) is 4.79 Å². The highest BCUT2D eigenvalue weighted by atomic mass is 79.9. The molecule has 1 fully saturated rings. The lowest BCUT2D eigenvalue weighted by molar-refractivity contribution is -0.120. The zero-order valence-electron chi connectivity index (χ0n) is 8.95. The SMILES string of the molecule is NC1COCC1C(=O)Nc1cc(Br)ccc1Br. The number of benzene rings is 1. The molecule has 0 aromatic heterocycles. The molecule has 2 unspecified atom stereocenters. The van der Waals surface area contributed by atoms with E-state index in [1.807, 2.05) is 18.2 Å². The number of nitrogens with one attached hydrogen (secondary N) is 1. The van der Waals surface area contributed by atoms with Crippen molar-refractivity contribution in [2.75, 3.05) is 18.5 Å². The Hall–Kier alpha value is -0.430. The van der Waals surface area contributed by atoms with Gasteiger partial charge in [-0.3, -0.25) is 4.79 Å². The predicted molar refractivity (Wildman–Crippen MR) is 72.8 cm³/mol. The molecule has 3 N–H and O–H groups in total. The first kappa shape index (κ1) is 13.0. The Morgan fingerprint density at radius 3 is 2.82 bits per heavy atom. The Balaban J connectivity index is 2.10. The van der Waals surface area contributed by atoms with Gasteiger partial charge >= 0.3 is 0 Å². The molecule has 2 atom stereocenters. The Morgan fingerprint density at radius 1 is 1.41 bits per heavy atom. The zero-order chi connectivity index (χ0) is 12.4. The number of hydrogen-bond donors (Lipinski definition) is 2. The maximum atomic E-state index is 12.0. The standard InChI is InChI=1S/C11H12Br2N2O2/c12-6-1-2-8(13)10(3-6)15-11(16)7-4-17-5-9(7)14/h1-3,7,9H,4-5,14H2,(H,15,16). The van der Waals surface area contributed by atoms with Crippen molar-refractivity contribution >= 4 is 43.5 Å². The number of nitrogens with two attached hydrogens (primary N) is 1. The van der Waals surface area contributed by atoms with Crippen molar-refractivity contribution < 1.29 is 9.53 Å². The largest absolute Gasteiger partial charge is 0.379 e. The van der Waals surface area contributed by atoms with Crippen molar-refractivity contribution in [1.82, 2.24) is 0 Å².